The van der Waals surface area contributed by atoms with Crippen LogP contribution in [0.4, 0.5) is 18.9 Å². The molecule has 0 bridgehead atoms. The number of alkyl halides is 3. The molecule has 0 saturated carbocycles. The lowest BCUT2D eigenvalue weighted by molar-refractivity contribution is -0.386. The maximum atomic E-state index is 12.5. The van der Waals surface area contributed by atoms with E-state index in [-0.39, 0.29) is 11.3 Å². The van der Waals surface area contributed by atoms with Gasteiger partial charge in [-0.25, -0.2) is 0 Å². The van der Waals surface area contributed by atoms with Gasteiger partial charge in [0, 0.05) is 17.7 Å². The Labute approximate surface area is 117 Å². The van der Waals surface area contributed by atoms with Crippen molar-refractivity contribution < 1.29 is 28.0 Å². The zero-order chi connectivity index (χ0) is 16.2. The van der Waals surface area contributed by atoms with Gasteiger partial charge in [0.15, 0.2) is 0 Å². The van der Waals surface area contributed by atoms with Gasteiger partial charge < -0.3 is 5.11 Å². The third-order valence-electron chi connectivity index (χ3n) is 2.85. The van der Waals surface area contributed by atoms with Gasteiger partial charge in [0.2, 0.25) is 0 Å². The molecule has 1 aromatic rings. The Bertz CT molecular complexity index is 533. The second kappa shape index (κ2) is 6.53. The van der Waals surface area contributed by atoms with Crippen molar-refractivity contribution in [3.8, 4) is 0 Å². The summed E-state index contributed by atoms with van der Waals surface area (Å²) < 4.78 is 37.6. The first-order valence-corrected chi connectivity index (χ1v) is 5.87. The standard InChI is InChI=1S/C12H13F3N2O4/c1-8(9-4-2-3-5-10(9)17(20)21)16(6-11(18)19)7-12(13,14)15/h2-5,8H,6-7H2,1H3,(H,18,19). The topological polar surface area (TPSA) is 83.7 Å². The number of carboxylic acid groups (broad SMARTS) is 1. The zero-order valence-electron chi connectivity index (χ0n) is 11.0. The molecule has 0 aromatic heterocycles. The fourth-order valence-corrected chi connectivity index (χ4v) is 1.94. The maximum absolute atomic E-state index is 12.5. The average Bonchev–Trinajstić information content (AvgIpc) is 2.34. The summed E-state index contributed by atoms with van der Waals surface area (Å²) in [5.41, 5.74) is -0.310. The number of nitro groups is 1. The molecule has 9 heteroatoms. The molecule has 1 atom stereocenters. The minimum atomic E-state index is -4.60. The largest absolute Gasteiger partial charge is 0.480 e. The normalized spacial score (nSPS) is 13.2. The third-order valence-corrected chi connectivity index (χ3v) is 2.85. The smallest absolute Gasteiger partial charge is 0.401 e. The van der Waals surface area contributed by atoms with Crippen LogP contribution in [-0.2, 0) is 4.79 Å². The van der Waals surface area contributed by atoms with Gasteiger partial charge in [0.1, 0.15) is 0 Å². The fourth-order valence-electron chi connectivity index (χ4n) is 1.94. The Morgan fingerprint density at radius 2 is 2.00 bits per heavy atom. The number of para-hydroxylation sites is 1. The van der Waals surface area contributed by atoms with Gasteiger partial charge in [-0.05, 0) is 6.92 Å². The first-order chi connectivity index (χ1) is 9.61. The van der Waals surface area contributed by atoms with E-state index in [1.165, 1.54) is 31.2 Å². The van der Waals surface area contributed by atoms with E-state index in [0.717, 1.165) is 0 Å². The molecular formula is C12H13F3N2O4. The van der Waals surface area contributed by atoms with Gasteiger partial charge >= 0.3 is 12.1 Å². The van der Waals surface area contributed by atoms with E-state index < -0.39 is 36.2 Å². The molecule has 0 spiro atoms. The Hall–Kier alpha value is -2.16. The van der Waals surface area contributed by atoms with Crippen molar-refractivity contribution >= 4 is 11.7 Å². The van der Waals surface area contributed by atoms with Crippen molar-refractivity contribution in [1.82, 2.24) is 4.90 Å². The number of nitrogens with zero attached hydrogens (tertiary/aromatic N) is 2. The Balaban J connectivity index is 3.13. The van der Waals surface area contributed by atoms with E-state index in [0.29, 0.717) is 4.90 Å². The molecule has 0 amide bonds. The number of aliphatic carboxylic acids is 1. The first kappa shape index (κ1) is 16.9. The van der Waals surface area contributed by atoms with Crippen LogP contribution >= 0.6 is 0 Å². The van der Waals surface area contributed by atoms with E-state index in [4.69, 9.17) is 5.11 Å². The molecule has 1 N–H and O–H groups in total. The number of nitro benzene ring substituents is 1. The average molecular weight is 306 g/mol. The SMILES string of the molecule is CC(c1ccccc1[N+](=O)[O-])N(CC(=O)O)CC(F)(F)F. The molecule has 0 radical (unpaired) electrons. The fraction of sp³-hybridized carbons (Fsp3) is 0.417. The van der Waals surface area contributed by atoms with Gasteiger partial charge in [0.25, 0.3) is 5.69 Å². The van der Waals surface area contributed by atoms with Crippen molar-refractivity contribution in [2.75, 3.05) is 13.1 Å². The van der Waals surface area contributed by atoms with Gasteiger partial charge in [-0.3, -0.25) is 19.8 Å². The van der Waals surface area contributed by atoms with Crippen LogP contribution in [0.15, 0.2) is 24.3 Å². The Morgan fingerprint density at radius 3 is 2.48 bits per heavy atom. The van der Waals surface area contributed by atoms with Crippen molar-refractivity contribution in [3.05, 3.63) is 39.9 Å². The summed E-state index contributed by atoms with van der Waals surface area (Å²) in [5.74, 6) is -1.44. The highest BCUT2D eigenvalue weighted by Gasteiger charge is 2.35. The summed E-state index contributed by atoms with van der Waals surface area (Å²) in [6, 6.07) is 4.25. The lowest BCUT2D eigenvalue weighted by atomic mass is 10.0. The molecule has 116 valence electrons. The van der Waals surface area contributed by atoms with Gasteiger partial charge in [-0.2, -0.15) is 13.2 Å². The van der Waals surface area contributed by atoms with Crippen LogP contribution in [0.3, 0.4) is 0 Å². The summed E-state index contributed by atoms with van der Waals surface area (Å²) in [6.07, 6.45) is -4.60. The van der Waals surface area contributed by atoms with E-state index in [2.05, 4.69) is 0 Å². The Morgan fingerprint density at radius 1 is 1.43 bits per heavy atom. The lowest BCUT2D eigenvalue weighted by Crippen LogP contribution is -2.39. The number of carboxylic acids is 1. The van der Waals surface area contributed by atoms with Crippen molar-refractivity contribution in [1.29, 1.82) is 0 Å². The number of carbonyl (C=O) groups is 1. The van der Waals surface area contributed by atoms with Crippen LogP contribution < -0.4 is 0 Å². The van der Waals surface area contributed by atoms with Crippen molar-refractivity contribution in [2.24, 2.45) is 0 Å². The van der Waals surface area contributed by atoms with E-state index in [1.807, 2.05) is 0 Å². The minimum absolute atomic E-state index is 0.0352. The van der Waals surface area contributed by atoms with E-state index in [1.54, 1.807) is 0 Å². The van der Waals surface area contributed by atoms with Gasteiger partial charge in [-0.1, -0.05) is 18.2 Å². The number of benzene rings is 1. The molecule has 0 aliphatic rings. The van der Waals surface area contributed by atoms with Gasteiger partial charge in [-0.15, -0.1) is 0 Å². The number of rotatable bonds is 6. The molecule has 1 aromatic carbocycles. The molecule has 21 heavy (non-hydrogen) atoms. The molecule has 0 aliphatic carbocycles. The summed E-state index contributed by atoms with van der Waals surface area (Å²) in [7, 11) is 0. The maximum Gasteiger partial charge on any atom is 0.401 e. The monoisotopic (exact) mass is 306 g/mol. The van der Waals surface area contributed by atoms with Crippen LogP contribution in [0.1, 0.15) is 18.5 Å². The second-order valence-corrected chi connectivity index (χ2v) is 4.41. The third kappa shape index (κ3) is 5.03. The van der Waals surface area contributed by atoms with Crippen molar-refractivity contribution in [2.45, 2.75) is 19.1 Å². The molecule has 1 unspecified atom stereocenters. The molecule has 6 nitrogen and oxygen atoms in total. The highest BCUT2D eigenvalue weighted by atomic mass is 19.4. The first-order valence-electron chi connectivity index (χ1n) is 5.87. The van der Waals surface area contributed by atoms with E-state index in [9.17, 15) is 28.1 Å². The van der Waals surface area contributed by atoms with Crippen LogP contribution in [0.25, 0.3) is 0 Å². The van der Waals surface area contributed by atoms with Crippen molar-refractivity contribution in [3.63, 3.8) is 0 Å². The zero-order valence-corrected chi connectivity index (χ0v) is 11.0. The summed E-state index contributed by atoms with van der Waals surface area (Å²) in [6.45, 7) is -1.03. The minimum Gasteiger partial charge on any atom is -0.480 e. The molecule has 0 saturated heterocycles. The highest BCUT2D eigenvalue weighted by molar-refractivity contribution is 5.69. The van der Waals surface area contributed by atoms with Crippen LogP contribution in [0.2, 0.25) is 0 Å². The number of hydrogen-bond acceptors (Lipinski definition) is 4. The summed E-state index contributed by atoms with van der Waals surface area (Å²) >= 11 is 0. The molecule has 1 rings (SSSR count). The van der Waals surface area contributed by atoms with Crippen LogP contribution in [0, 0.1) is 10.1 Å². The van der Waals surface area contributed by atoms with Crippen LogP contribution in [-0.4, -0.2) is 40.2 Å². The summed E-state index contributed by atoms with van der Waals surface area (Å²) in [5, 5.41) is 19.6. The molecule has 0 heterocycles. The van der Waals surface area contributed by atoms with E-state index >= 15 is 0 Å². The number of halogens is 3. The molecular weight excluding hydrogens is 293 g/mol. The highest BCUT2D eigenvalue weighted by Crippen LogP contribution is 2.30. The summed E-state index contributed by atoms with van der Waals surface area (Å²) in [4.78, 5) is 21.5. The van der Waals surface area contributed by atoms with Crippen LogP contribution in [0.5, 0.6) is 0 Å². The predicted octanol–water partition coefficient (Wildman–Crippen LogP) is 2.60. The Kier molecular flexibility index (Phi) is 5.25. The van der Waals surface area contributed by atoms with Gasteiger partial charge in [0.05, 0.1) is 18.0 Å². The number of hydrogen-bond donors (Lipinski definition) is 1. The predicted molar refractivity (Wildman–Crippen MR) is 66.8 cm³/mol. The molecule has 0 aliphatic heterocycles. The lowest BCUT2D eigenvalue weighted by Gasteiger charge is -2.28. The second-order valence-electron chi connectivity index (χ2n) is 4.41. The molecule has 0 fully saturated rings. The quantitative estimate of drug-likeness (QED) is 0.645.